The van der Waals surface area contributed by atoms with E-state index in [2.05, 4.69) is 20.9 Å². The zero-order chi connectivity index (χ0) is 20.0. The van der Waals surface area contributed by atoms with Crippen LogP contribution in [0.3, 0.4) is 0 Å². The Labute approximate surface area is 164 Å². The van der Waals surface area contributed by atoms with Crippen LogP contribution >= 0.6 is 0 Å². The summed E-state index contributed by atoms with van der Waals surface area (Å²) >= 11 is 0. The molecule has 0 aromatic carbocycles. The molecule has 28 heavy (non-hydrogen) atoms. The van der Waals surface area contributed by atoms with Gasteiger partial charge in [0.1, 0.15) is 23.7 Å². The maximum Gasteiger partial charge on any atom is 0.312 e. The summed E-state index contributed by atoms with van der Waals surface area (Å²) in [4.78, 5) is 29.9. The number of pyridine rings is 1. The number of nitriles is 1. The van der Waals surface area contributed by atoms with Gasteiger partial charge in [0.2, 0.25) is 0 Å². The molecule has 1 aromatic heterocycles. The fraction of sp³-hybridized carbons (Fsp3) is 0.600. The number of hydrogen-bond donors (Lipinski definition) is 1. The number of carbonyl (C=O) groups excluding carboxylic acids is 1. The van der Waals surface area contributed by atoms with Crippen molar-refractivity contribution in [1.29, 1.82) is 5.26 Å². The van der Waals surface area contributed by atoms with Gasteiger partial charge in [-0.3, -0.25) is 14.5 Å². The smallest absolute Gasteiger partial charge is 0.312 e. The Hall–Kier alpha value is -2.66. The molecular weight excluding hydrogens is 360 g/mol. The lowest BCUT2D eigenvalue weighted by Crippen LogP contribution is -2.43. The highest BCUT2D eigenvalue weighted by Crippen LogP contribution is 2.44. The highest BCUT2D eigenvalue weighted by Gasteiger charge is 2.50. The summed E-state index contributed by atoms with van der Waals surface area (Å²) in [6, 6.07) is 7.59. The summed E-state index contributed by atoms with van der Waals surface area (Å²) in [5.74, 6) is 0.823. The Morgan fingerprint density at radius 3 is 2.61 bits per heavy atom. The van der Waals surface area contributed by atoms with Crippen molar-refractivity contribution in [3.63, 3.8) is 0 Å². The minimum atomic E-state index is -0.312. The standard InChI is InChI=1S/C19H24N4O2.CH2O2/c20-13-15-4-3-5-17(21-15)23-10-6-19(7-11-23)12-16(25-18(19)24)14-22-8-1-2-9-22;2-1-3/h3-5,16H,1-2,6-12,14H2;1H,(H,2,3). The van der Waals surface area contributed by atoms with E-state index in [-0.39, 0.29) is 24.0 Å². The van der Waals surface area contributed by atoms with Crippen molar-refractivity contribution in [3.8, 4) is 6.07 Å². The molecule has 1 N–H and O–H groups in total. The molecule has 4 rings (SSSR count). The summed E-state index contributed by atoms with van der Waals surface area (Å²) in [5, 5.41) is 15.9. The number of likely N-dealkylation sites (tertiary alicyclic amines) is 1. The first-order valence-corrected chi connectivity index (χ1v) is 9.73. The topological polar surface area (TPSA) is 107 Å². The van der Waals surface area contributed by atoms with Crippen LogP contribution in [0.25, 0.3) is 0 Å². The average molecular weight is 386 g/mol. The van der Waals surface area contributed by atoms with Crippen LogP contribution in [0.5, 0.6) is 0 Å². The van der Waals surface area contributed by atoms with Crippen LogP contribution in [-0.4, -0.2) is 66.3 Å². The minimum absolute atomic E-state index is 0.00455. The summed E-state index contributed by atoms with van der Waals surface area (Å²) in [7, 11) is 0. The van der Waals surface area contributed by atoms with Crippen LogP contribution in [0.4, 0.5) is 5.82 Å². The van der Waals surface area contributed by atoms with E-state index >= 15 is 0 Å². The first-order valence-electron chi connectivity index (χ1n) is 9.73. The van der Waals surface area contributed by atoms with Crippen LogP contribution in [-0.2, 0) is 14.3 Å². The van der Waals surface area contributed by atoms with Crippen LogP contribution in [0, 0.1) is 16.7 Å². The SMILES string of the molecule is N#Cc1cccc(N2CCC3(CC2)CC(CN2CCCC2)OC3=O)n1.O=CO. The molecule has 0 aliphatic carbocycles. The Bertz CT molecular complexity index is 734. The highest BCUT2D eigenvalue weighted by atomic mass is 16.6. The molecule has 3 aliphatic rings. The van der Waals surface area contributed by atoms with E-state index in [0.29, 0.717) is 5.69 Å². The minimum Gasteiger partial charge on any atom is -0.483 e. The molecule has 4 heterocycles. The third kappa shape index (κ3) is 4.42. The Balaban J connectivity index is 0.000000706. The zero-order valence-corrected chi connectivity index (χ0v) is 15.9. The molecule has 150 valence electrons. The molecule has 0 radical (unpaired) electrons. The number of cyclic esters (lactones) is 1. The van der Waals surface area contributed by atoms with Gasteiger partial charge in [-0.05, 0) is 50.9 Å². The lowest BCUT2D eigenvalue weighted by Gasteiger charge is -2.37. The molecule has 1 aromatic rings. The van der Waals surface area contributed by atoms with Crippen LogP contribution in [0.15, 0.2) is 18.2 Å². The Morgan fingerprint density at radius 2 is 1.96 bits per heavy atom. The summed E-state index contributed by atoms with van der Waals surface area (Å²) in [5.41, 5.74) is 0.122. The van der Waals surface area contributed by atoms with Crippen molar-refractivity contribution >= 4 is 18.3 Å². The first kappa shape index (κ1) is 20.1. The van der Waals surface area contributed by atoms with Gasteiger partial charge in [-0.2, -0.15) is 5.26 Å². The molecular formula is C20H26N4O4. The van der Waals surface area contributed by atoms with Gasteiger partial charge >= 0.3 is 5.97 Å². The molecule has 1 unspecified atom stereocenters. The predicted molar refractivity (Wildman–Crippen MR) is 102 cm³/mol. The van der Waals surface area contributed by atoms with Crippen molar-refractivity contribution in [2.24, 2.45) is 5.41 Å². The third-order valence-corrected chi connectivity index (χ3v) is 5.88. The summed E-state index contributed by atoms with van der Waals surface area (Å²) in [6.07, 6.45) is 5.03. The van der Waals surface area contributed by atoms with E-state index in [0.717, 1.165) is 57.8 Å². The van der Waals surface area contributed by atoms with Crippen molar-refractivity contribution < 1.29 is 19.4 Å². The number of piperidine rings is 1. The normalized spacial score (nSPS) is 23.6. The molecule has 3 aliphatic heterocycles. The second-order valence-electron chi connectivity index (χ2n) is 7.60. The lowest BCUT2D eigenvalue weighted by atomic mass is 9.76. The highest BCUT2D eigenvalue weighted by molar-refractivity contribution is 5.79. The number of carbonyl (C=O) groups is 2. The van der Waals surface area contributed by atoms with Gasteiger partial charge in [-0.1, -0.05) is 6.07 Å². The maximum atomic E-state index is 12.6. The quantitative estimate of drug-likeness (QED) is 0.617. The van der Waals surface area contributed by atoms with Gasteiger partial charge in [-0.25, -0.2) is 4.98 Å². The number of nitrogens with zero attached hydrogens (tertiary/aromatic N) is 4. The number of ether oxygens (including phenoxy) is 1. The van der Waals surface area contributed by atoms with E-state index in [4.69, 9.17) is 19.9 Å². The number of esters is 1. The number of aromatic nitrogens is 1. The van der Waals surface area contributed by atoms with Crippen molar-refractivity contribution in [2.75, 3.05) is 37.6 Å². The maximum absolute atomic E-state index is 12.6. The van der Waals surface area contributed by atoms with Gasteiger partial charge in [0, 0.05) is 26.1 Å². The second-order valence-corrected chi connectivity index (χ2v) is 7.60. The van der Waals surface area contributed by atoms with Gasteiger partial charge < -0.3 is 14.7 Å². The van der Waals surface area contributed by atoms with Crippen LogP contribution < -0.4 is 4.90 Å². The number of carboxylic acid groups (broad SMARTS) is 1. The Morgan fingerprint density at radius 1 is 1.29 bits per heavy atom. The molecule has 3 fully saturated rings. The van der Waals surface area contributed by atoms with E-state index in [1.165, 1.54) is 12.8 Å². The van der Waals surface area contributed by atoms with Crippen molar-refractivity contribution in [1.82, 2.24) is 9.88 Å². The predicted octanol–water partition coefficient (Wildman–Crippen LogP) is 1.65. The molecule has 8 nitrogen and oxygen atoms in total. The van der Waals surface area contributed by atoms with E-state index in [1.54, 1.807) is 6.07 Å². The molecule has 0 saturated carbocycles. The van der Waals surface area contributed by atoms with Gasteiger partial charge in [0.05, 0.1) is 5.41 Å². The Kier molecular flexibility index (Phi) is 6.47. The van der Waals surface area contributed by atoms with E-state index < -0.39 is 0 Å². The molecule has 3 saturated heterocycles. The second kappa shape index (κ2) is 9.02. The van der Waals surface area contributed by atoms with Crippen LogP contribution in [0.1, 0.15) is 37.8 Å². The number of rotatable bonds is 3. The number of anilines is 1. The average Bonchev–Trinajstić information content (AvgIpc) is 3.32. The molecule has 1 spiro atoms. The monoisotopic (exact) mass is 386 g/mol. The fourth-order valence-electron chi connectivity index (χ4n) is 4.43. The van der Waals surface area contributed by atoms with Crippen LogP contribution in [0.2, 0.25) is 0 Å². The largest absolute Gasteiger partial charge is 0.483 e. The molecule has 1 atom stereocenters. The van der Waals surface area contributed by atoms with Gasteiger partial charge in [0.15, 0.2) is 0 Å². The summed E-state index contributed by atoms with van der Waals surface area (Å²) < 4.78 is 5.74. The first-order chi connectivity index (χ1) is 13.6. The summed E-state index contributed by atoms with van der Waals surface area (Å²) in [6.45, 7) is 4.48. The molecule has 8 heteroatoms. The van der Waals surface area contributed by atoms with Gasteiger partial charge in [-0.15, -0.1) is 0 Å². The number of hydrogen-bond acceptors (Lipinski definition) is 7. The fourth-order valence-corrected chi connectivity index (χ4v) is 4.43. The van der Waals surface area contributed by atoms with E-state index in [1.807, 2.05) is 12.1 Å². The molecule has 0 amide bonds. The lowest BCUT2D eigenvalue weighted by molar-refractivity contribution is -0.150. The van der Waals surface area contributed by atoms with Gasteiger partial charge in [0.25, 0.3) is 6.47 Å². The van der Waals surface area contributed by atoms with Crippen molar-refractivity contribution in [3.05, 3.63) is 23.9 Å². The third-order valence-electron chi connectivity index (χ3n) is 5.88. The van der Waals surface area contributed by atoms with E-state index in [9.17, 15) is 4.79 Å². The van der Waals surface area contributed by atoms with Crippen molar-refractivity contribution in [2.45, 2.75) is 38.2 Å². The zero-order valence-electron chi connectivity index (χ0n) is 15.9. The molecule has 0 bridgehead atoms.